The molecular weight excluding hydrogens is 445 g/mol. The van der Waals surface area contributed by atoms with E-state index < -0.39 is 5.97 Å². The van der Waals surface area contributed by atoms with Gasteiger partial charge in [-0.05, 0) is 71.0 Å². The average molecular weight is 463 g/mol. The molecule has 1 aliphatic heterocycles. The van der Waals surface area contributed by atoms with Crippen LogP contribution in [0.3, 0.4) is 0 Å². The van der Waals surface area contributed by atoms with Crippen molar-refractivity contribution in [1.82, 2.24) is 0 Å². The Hall–Kier alpha value is -2.35. The largest absolute Gasteiger partial charge is 0.493 e. The fourth-order valence-electron chi connectivity index (χ4n) is 2.42. The smallest absolute Gasteiger partial charge is 0.363 e. The van der Waals surface area contributed by atoms with Crippen molar-refractivity contribution in [2.75, 3.05) is 13.7 Å². The molecule has 0 fully saturated rings. The van der Waals surface area contributed by atoms with Gasteiger partial charge >= 0.3 is 5.97 Å². The second-order valence-electron chi connectivity index (χ2n) is 5.61. The summed E-state index contributed by atoms with van der Waals surface area (Å²) in [4.78, 5) is 16.5. The quantitative estimate of drug-likeness (QED) is 0.361. The van der Waals surface area contributed by atoms with E-state index >= 15 is 0 Å². The maximum Gasteiger partial charge on any atom is 0.363 e. The van der Waals surface area contributed by atoms with Gasteiger partial charge in [0.25, 0.3) is 0 Å². The van der Waals surface area contributed by atoms with E-state index in [2.05, 4.69) is 27.6 Å². The van der Waals surface area contributed by atoms with E-state index in [4.69, 9.17) is 14.2 Å². The van der Waals surface area contributed by atoms with Gasteiger partial charge in [-0.3, -0.25) is 0 Å². The molecule has 3 rings (SSSR count). The summed E-state index contributed by atoms with van der Waals surface area (Å²) in [6.45, 7) is 2.66. The molecule has 2 aromatic carbocycles. The average Bonchev–Trinajstić information content (AvgIpc) is 3.01. The van der Waals surface area contributed by atoms with Gasteiger partial charge in [-0.1, -0.05) is 19.1 Å². The van der Waals surface area contributed by atoms with Crippen LogP contribution in [0.15, 0.2) is 53.2 Å². The van der Waals surface area contributed by atoms with Crippen LogP contribution in [-0.2, 0) is 9.53 Å². The number of nitrogens with zero attached hydrogens (tertiary/aromatic N) is 1. The lowest BCUT2D eigenvalue weighted by molar-refractivity contribution is -0.129. The minimum atomic E-state index is -0.468. The van der Waals surface area contributed by atoms with E-state index in [1.807, 2.05) is 49.4 Å². The predicted molar refractivity (Wildman–Crippen MR) is 109 cm³/mol. The fourth-order valence-corrected chi connectivity index (χ4v) is 2.96. The van der Waals surface area contributed by atoms with Crippen molar-refractivity contribution in [3.8, 4) is 11.5 Å². The highest BCUT2D eigenvalue weighted by Gasteiger charge is 2.24. The molecule has 1 heterocycles. The molecule has 0 radical (unpaired) electrons. The van der Waals surface area contributed by atoms with Gasteiger partial charge in [-0.25, -0.2) is 9.79 Å². The van der Waals surface area contributed by atoms with E-state index in [-0.39, 0.29) is 5.70 Å². The number of hydrogen-bond donors (Lipinski definition) is 0. The molecule has 0 bridgehead atoms. The first kappa shape index (κ1) is 18.4. The summed E-state index contributed by atoms with van der Waals surface area (Å²) in [5.74, 6) is 1.13. The molecule has 5 nitrogen and oxygen atoms in total. The zero-order valence-electron chi connectivity index (χ0n) is 14.5. The summed E-state index contributed by atoms with van der Waals surface area (Å²) in [6, 6.07) is 13.1. The van der Waals surface area contributed by atoms with Crippen molar-refractivity contribution in [3.63, 3.8) is 0 Å². The Bertz CT molecular complexity index is 889. The normalized spacial score (nSPS) is 15.0. The predicted octanol–water partition coefficient (Wildman–Crippen LogP) is 4.43. The van der Waals surface area contributed by atoms with Crippen molar-refractivity contribution in [2.45, 2.75) is 13.3 Å². The number of carbonyl (C=O) groups is 1. The Labute approximate surface area is 165 Å². The molecule has 26 heavy (non-hydrogen) atoms. The Kier molecular flexibility index (Phi) is 5.92. The monoisotopic (exact) mass is 463 g/mol. The summed E-state index contributed by atoms with van der Waals surface area (Å²) >= 11 is 2.21. The molecule has 0 spiro atoms. The number of cyclic esters (lactones) is 1. The van der Waals surface area contributed by atoms with Gasteiger partial charge in [-0.2, -0.15) is 0 Å². The van der Waals surface area contributed by atoms with Crippen LogP contribution in [0, 0.1) is 3.57 Å². The SMILES string of the molecule is CCCOc1ccc(/C=C2\N=C(c3cccc(I)c3)OC2=O)cc1OC. The van der Waals surface area contributed by atoms with Crippen molar-refractivity contribution < 1.29 is 19.0 Å². The molecule has 0 aromatic heterocycles. The third-order valence-corrected chi connectivity index (χ3v) is 4.32. The van der Waals surface area contributed by atoms with Crippen LogP contribution in [0.2, 0.25) is 0 Å². The van der Waals surface area contributed by atoms with E-state index in [1.54, 1.807) is 13.2 Å². The van der Waals surface area contributed by atoms with Crippen LogP contribution in [-0.4, -0.2) is 25.6 Å². The van der Waals surface area contributed by atoms with Crippen molar-refractivity contribution in [1.29, 1.82) is 0 Å². The number of methoxy groups -OCH3 is 1. The molecule has 2 aromatic rings. The highest BCUT2D eigenvalue weighted by molar-refractivity contribution is 14.1. The summed E-state index contributed by atoms with van der Waals surface area (Å²) in [6.07, 6.45) is 2.59. The molecule has 0 atom stereocenters. The zero-order valence-corrected chi connectivity index (χ0v) is 16.6. The van der Waals surface area contributed by atoms with Crippen LogP contribution in [0.4, 0.5) is 0 Å². The maximum atomic E-state index is 12.1. The second kappa shape index (κ2) is 8.35. The lowest BCUT2D eigenvalue weighted by Gasteiger charge is -2.10. The molecule has 6 heteroatoms. The Morgan fingerprint density at radius 1 is 1.19 bits per heavy atom. The van der Waals surface area contributed by atoms with Crippen molar-refractivity contribution >= 4 is 40.5 Å². The van der Waals surface area contributed by atoms with E-state index in [0.717, 1.165) is 21.1 Å². The van der Waals surface area contributed by atoms with Gasteiger partial charge in [0.1, 0.15) is 0 Å². The number of halogens is 1. The standard InChI is InChI=1S/C20H18INO4/c1-3-9-25-17-8-7-13(11-18(17)24-2)10-16-20(23)26-19(22-16)14-5-4-6-15(21)12-14/h4-8,10-12H,3,9H2,1-2H3/b16-10-. The number of benzene rings is 2. The summed E-state index contributed by atoms with van der Waals surface area (Å²) < 4.78 is 17.4. The third kappa shape index (κ3) is 4.24. The highest BCUT2D eigenvalue weighted by Crippen LogP contribution is 2.30. The lowest BCUT2D eigenvalue weighted by Crippen LogP contribution is -2.05. The number of esters is 1. The maximum absolute atomic E-state index is 12.1. The lowest BCUT2D eigenvalue weighted by atomic mass is 10.1. The van der Waals surface area contributed by atoms with Crippen LogP contribution in [0.5, 0.6) is 11.5 Å². The van der Waals surface area contributed by atoms with Gasteiger partial charge in [0.2, 0.25) is 5.90 Å². The van der Waals surface area contributed by atoms with E-state index in [0.29, 0.717) is 24.0 Å². The zero-order chi connectivity index (χ0) is 18.5. The fraction of sp³-hybridized carbons (Fsp3) is 0.200. The molecule has 0 aliphatic carbocycles. The topological polar surface area (TPSA) is 57.1 Å². The number of aliphatic imine (C=N–C) groups is 1. The molecule has 0 N–H and O–H groups in total. The minimum absolute atomic E-state index is 0.253. The molecule has 0 saturated carbocycles. The Balaban J connectivity index is 1.88. The molecule has 0 saturated heterocycles. The molecule has 1 aliphatic rings. The summed E-state index contributed by atoms with van der Waals surface area (Å²) in [5, 5.41) is 0. The van der Waals surface area contributed by atoms with Gasteiger partial charge in [-0.15, -0.1) is 0 Å². The van der Waals surface area contributed by atoms with Gasteiger partial charge in [0, 0.05) is 9.13 Å². The van der Waals surface area contributed by atoms with Crippen molar-refractivity contribution in [2.24, 2.45) is 4.99 Å². The number of hydrogen-bond acceptors (Lipinski definition) is 5. The molecule has 0 amide bonds. The first-order chi connectivity index (χ1) is 12.6. The number of carbonyl (C=O) groups excluding carboxylic acids is 1. The summed E-state index contributed by atoms with van der Waals surface area (Å²) in [5.41, 5.74) is 1.81. The van der Waals surface area contributed by atoms with Crippen molar-refractivity contribution in [3.05, 3.63) is 62.9 Å². The molecule has 134 valence electrons. The third-order valence-electron chi connectivity index (χ3n) is 3.64. The van der Waals surface area contributed by atoms with Crippen LogP contribution < -0.4 is 9.47 Å². The molecule has 0 unspecified atom stereocenters. The Morgan fingerprint density at radius 3 is 2.77 bits per heavy atom. The van der Waals surface area contributed by atoms with Crippen LogP contribution in [0.25, 0.3) is 6.08 Å². The van der Waals surface area contributed by atoms with Crippen LogP contribution >= 0.6 is 22.6 Å². The minimum Gasteiger partial charge on any atom is -0.493 e. The molecular formula is C20H18INO4. The van der Waals surface area contributed by atoms with Crippen LogP contribution in [0.1, 0.15) is 24.5 Å². The first-order valence-electron chi connectivity index (χ1n) is 8.20. The van der Waals surface area contributed by atoms with Gasteiger partial charge in [0.05, 0.1) is 13.7 Å². The van der Waals surface area contributed by atoms with E-state index in [1.165, 1.54) is 0 Å². The van der Waals surface area contributed by atoms with Gasteiger partial charge in [0.15, 0.2) is 17.2 Å². The first-order valence-corrected chi connectivity index (χ1v) is 9.28. The highest BCUT2D eigenvalue weighted by atomic mass is 127. The number of rotatable bonds is 6. The summed E-state index contributed by atoms with van der Waals surface area (Å²) in [7, 11) is 1.59. The number of ether oxygens (including phenoxy) is 3. The van der Waals surface area contributed by atoms with Gasteiger partial charge < -0.3 is 14.2 Å². The van der Waals surface area contributed by atoms with E-state index in [9.17, 15) is 4.79 Å². The Morgan fingerprint density at radius 2 is 2.04 bits per heavy atom. The second-order valence-corrected chi connectivity index (χ2v) is 6.85.